The second kappa shape index (κ2) is 8.75. The smallest absolute Gasteiger partial charge is 0.143 e. The summed E-state index contributed by atoms with van der Waals surface area (Å²) in [5.41, 5.74) is 4.49. The molecule has 1 saturated carbocycles. The van der Waals surface area contributed by atoms with Crippen molar-refractivity contribution in [3.8, 4) is 0 Å². The number of rotatable bonds is 9. The largest absolute Gasteiger partial charge is 0.388 e. The third-order valence-corrected chi connectivity index (χ3v) is 6.84. The molecule has 2 fully saturated rings. The Kier molecular flexibility index (Phi) is 6.05. The molecule has 7 heteroatoms. The summed E-state index contributed by atoms with van der Waals surface area (Å²) >= 11 is 0. The van der Waals surface area contributed by atoms with Gasteiger partial charge in [0.05, 0.1) is 6.34 Å². The Morgan fingerprint density at radius 1 is 1.23 bits per heavy atom. The van der Waals surface area contributed by atoms with Gasteiger partial charge in [0.15, 0.2) is 0 Å². The minimum Gasteiger partial charge on any atom is -0.388 e. The summed E-state index contributed by atoms with van der Waals surface area (Å²) in [5.74, 6) is 0.406. The second-order valence-electron chi connectivity index (χ2n) is 9.18. The van der Waals surface area contributed by atoms with E-state index < -0.39 is 0 Å². The van der Waals surface area contributed by atoms with Gasteiger partial charge in [-0.05, 0) is 73.2 Å². The summed E-state index contributed by atoms with van der Waals surface area (Å²) in [6.07, 6.45) is 8.74. The Balaban J connectivity index is 1.20. The molecule has 1 aliphatic carbocycles. The molecule has 0 amide bonds. The van der Waals surface area contributed by atoms with Crippen molar-refractivity contribution < 1.29 is 4.39 Å². The van der Waals surface area contributed by atoms with Crippen LogP contribution in [-0.4, -0.2) is 48.7 Å². The summed E-state index contributed by atoms with van der Waals surface area (Å²) < 4.78 is 15.3. The predicted octanol–water partition coefficient (Wildman–Crippen LogP) is 3.49. The third kappa shape index (κ3) is 4.46. The fourth-order valence-electron chi connectivity index (χ4n) is 5.41. The minimum atomic E-state index is -0.337. The number of benzene rings is 1. The van der Waals surface area contributed by atoms with Gasteiger partial charge in [-0.1, -0.05) is 12.1 Å². The summed E-state index contributed by atoms with van der Waals surface area (Å²) in [7, 11) is 1.90. The summed E-state index contributed by atoms with van der Waals surface area (Å²) in [6.45, 7) is 3.26. The highest BCUT2D eigenvalue weighted by atomic mass is 19.1. The van der Waals surface area contributed by atoms with Crippen LogP contribution >= 0.6 is 0 Å². The van der Waals surface area contributed by atoms with Crippen molar-refractivity contribution >= 4 is 18.2 Å². The van der Waals surface area contributed by atoms with Gasteiger partial charge in [-0.2, -0.15) is 0 Å². The van der Waals surface area contributed by atoms with Crippen molar-refractivity contribution in [2.45, 2.75) is 32.1 Å². The number of nitrogens with one attached hydrogen (secondary N) is 4. The van der Waals surface area contributed by atoms with E-state index in [0.29, 0.717) is 17.4 Å². The number of nitrogens with zero attached hydrogens (tertiary/aromatic N) is 2. The van der Waals surface area contributed by atoms with Crippen molar-refractivity contribution in [2.24, 2.45) is 11.3 Å². The highest BCUT2D eigenvalue weighted by molar-refractivity contribution is 5.85. The quantitative estimate of drug-likeness (QED) is 0.368. The van der Waals surface area contributed by atoms with Crippen LogP contribution in [0.15, 0.2) is 30.5 Å². The average molecular weight is 423 g/mol. The van der Waals surface area contributed by atoms with Crippen LogP contribution in [0, 0.1) is 33.4 Å². The maximum atomic E-state index is 14.1. The van der Waals surface area contributed by atoms with Crippen molar-refractivity contribution in [3.05, 3.63) is 58.5 Å². The van der Waals surface area contributed by atoms with Crippen LogP contribution < -0.4 is 10.8 Å². The predicted molar refractivity (Wildman–Crippen MR) is 122 cm³/mol. The summed E-state index contributed by atoms with van der Waals surface area (Å²) in [6, 6.07) is 7.88. The lowest BCUT2D eigenvalue weighted by Gasteiger charge is -2.59. The molecule has 6 nitrogen and oxygen atoms in total. The zero-order valence-corrected chi connectivity index (χ0v) is 18.0. The van der Waals surface area contributed by atoms with Crippen molar-refractivity contribution in [1.82, 2.24) is 9.47 Å². The lowest BCUT2D eigenvalue weighted by atomic mass is 9.56. The number of hydrogen-bond donors (Lipinski definition) is 4. The molecule has 1 saturated heterocycles. The molecule has 1 spiro atoms. The molecular formula is C24H31FN6. The van der Waals surface area contributed by atoms with Crippen LogP contribution in [0.2, 0.25) is 0 Å². The molecule has 1 aliphatic heterocycles. The van der Waals surface area contributed by atoms with Crippen LogP contribution in [0.4, 0.5) is 10.1 Å². The van der Waals surface area contributed by atoms with Crippen LogP contribution in [-0.2, 0) is 12.8 Å². The van der Waals surface area contributed by atoms with Gasteiger partial charge in [0.2, 0.25) is 0 Å². The van der Waals surface area contributed by atoms with E-state index >= 15 is 0 Å². The molecular weight excluding hydrogens is 391 g/mol. The van der Waals surface area contributed by atoms with Gasteiger partial charge >= 0.3 is 0 Å². The lowest BCUT2D eigenvalue weighted by Crippen LogP contribution is -2.62. The van der Waals surface area contributed by atoms with Gasteiger partial charge in [0.1, 0.15) is 11.3 Å². The minimum absolute atomic E-state index is 0.143. The molecule has 164 valence electrons. The van der Waals surface area contributed by atoms with E-state index in [2.05, 4.69) is 22.3 Å². The number of hydrogen-bond acceptors (Lipinski definition) is 5. The van der Waals surface area contributed by atoms with E-state index in [-0.39, 0.29) is 11.3 Å². The number of aromatic nitrogens is 1. The van der Waals surface area contributed by atoms with Crippen LogP contribution in [0.5, 0.6) is 0 Å². The van der Waals surface area contributed by atoms with E-state index in [4.69, 9.17) is 16.2 Å². The third-order valence-electron chi connectivity index (χ3n) is 6.84. The lowest BCUT2D eigenvalue weighted by molar-refractivity contribution is -0.0937. The number of pyridine rings is 1. The molecule has 31 heavy (non-hydrogen) atoms. The van der Waals surface area contributed by atoms with Gasteiger partial charge in [-0.25, -0.2) is 4.39 Å². The van der Waals surface area contributed by atoms with Gasteiger partial charge < -0.3 is 15.6 Å². The monoisotopic (exact) mass is 422 g/mol. The Morgan fingerprint density at radius 3 is 2.68 bits per heavy atom. The van der Waals surface area contributed by atoms with Gasteiger partial charge in [0.25, 0.3) is 0 Å². The first-order valence-corrected chi connectivity index (χ1v) is 10.9. The Hall–Kier alpha value is -2.80. The first kappa shape index (κ1) is 21.4. The molecule has 0 unspecified atom stereocenters. The van der Waals surface area contributed by atoms with E-state index in [1.165, 1.54) is 41.5 Å². The number of halogens is 1. The molecule has 2 heterocycles. The van der Waals surface area contributed by atoms with E-state index in [1.807, 2.05) is 13.1 Å². The van der Waals surface area contributed by atoms with E-state index in [1.54, 1.807) is 0 Å². The maximum Gasteiger partial charge on any atom is 0.143 e. The fraction of sp³-hybridized carbons (Fsp3) is 0.458. The molecule has 2 aliphatic rings. The van der Waals surface area contributed by atoms with Crippen LogP contribution in [0.1, 0.15) is 36.0 Å². The van der Waals surface area contributed by atoms with E-state index in [9.17, 15) is 4.39 Å². The van der Waals surface area contributed by atoms with Gasteiger partial charge in [-0.15, -0.1) is 0 Å². The van der Waals surface area contributed by atoms with Crippen molar-refractivity contribution in [2.75, 3.05) is 32.0 Å². The molecule has 0 bridgehead atoms. The topological polar surface area (TPSA) is 91.8 Å². The van der Waals surface area contributed by atoms with Crippen molar-refractivity contribution in [3.63, 3.8) is 0 Å². The maximum absolute atomic E-state index is 14.1. The summed E-state index contributed by atoms with van der Waals surface area (Å²) in [4.78, 5) is 2.47. The number of likely N-dealkylation sites (tertiary alicyclic amines) is 1. The van der Waals surface area contributed by atoms with Crippen molar-refractivity contribution in [1.29, 1.82) is 16.2 Å². The Morgan fingerprint density at radius 2 is 2.00 bits per heavy atom. The zero-order valence-electron chi connectivity index (χ0n) is 18.0. The fourth-order valence-corrected chi connectivity index (χ4v) is 5.41. The average Bonchev–Trinajstić information content (AvgIpc) is 2.72. The molecule has 4 N–H and O–H groups in total. The standard InChI is InChI=1S/C24H31FN6/c1-29-22-8-17(4-5-20(22)12-26)7-18-10-24(11-18)14-30(15-24)6-2-3-19-9-23(28)31(16-27)13-21(19)25/h4-5,8-9,12-13,16,18,26-29H,2-3,6-7,10-11,14-15H2,1H3. The number of anilines is 1. The van der Waals surface area contributed by atoms with Gasteiger partial charge in [0, 0.05) is 43.8 Å². The Bertz CT molecular complexity index is 1030. The molecule has 1 aromatic heterocycles. The van der Waals surface area contributed by atoms with Gasteiger partial charge in [-0.3, -0.25) is 15.4 Å². The van der Waals surface area contributed by atoms with E-state index in [0.717, 1.165) is 56.0 Å². The molecule has 0 atom stereocenters. The molecule has 1 aromatic carbocycles. The van der Waals surface area contributed by atoms with Crippen LogP contribution in [0.3, 0.4) is 0 Å². The molecule has 4 rings (SSSR count). The summed E-state index contributed by atoms with van der Waals surface area (Å²) in [5, 5.41) is 25.7. The SMILES string of the molecule is CNc1cc(CC2CC3(C2)CN(CCCc2cc(=N)n(C=N)cc2F)C3)ccc1C=N. The zero-order chi connectivity index (χ0) is 22.0. The molecule has 0 radical (unpaired) electrons. The van der Waals surface area contributed by atoms with Crippen LogP contribution in [0.25, 0.3) is 0 Å². The Labute approximate surface area is 182 Å². The normalized spacial score (nSPS) is 17.7. The highest BCUT2D eigenvalue weighted by Gasteiger charge is 2.51. The highest BCUT2D eigenvalue weighted by Crippen LogP contribution is 2.52. The molecule has 2 aromatic rings. The first-order valence-electron chi connectivity index (χ1n) is 10.9. The first-order chi connectivity index (χ1) is 14.9. The second-order valence-corrected chi connectivity index (χ2v) is 9.18. The number of aryl methyl sites for hydroxylation is 1.